The van der Waals surface area contributed by atoms with Crippen molar-refractivity contribution < 1.29 is 33.8 Å². The average molecular weight is 761 g/mol. The average Bonchev–Trinajstić information content (AvgIpc) is 3.62. The zero-order valence-corrected chi connectivity index (χ0v) is 31.6. The summed E-state index contributed by atoms with van der Waals surface area (Å²) in [5, 5.41) is 20.6. The second-order valence-electron chi connectivity index (χ2n) is 15.1. The Morgan fingerprint density at radius 1 is 1.02 bits per heavy atom. The molecule has 1 aromatic carbocycles. The van der Waals surface area contributed by atoms with Crippen LogP contribution in [0.1, 0.15) is 78.6 Å². The fourth-order valence-electron chi connectivity index (χ4n) is 7.35. The van der Waals surface area contributed by atoms with E-state index in [-0.39, 0.29) is 24.8 Å². The zero-order chi connectivity index (χ0) is 37.3. The van der Waals surface area contributed by atoms with Crippen LogP contribution in [0.25, 0.3) is 32.2 Å². The highest BCUT2D eigenvalue weighted by atomic mass is 32.1. The Bertz CT molecular complexity index is 1980. The number of carboxylic acids is 1. The second kappa shape index (κ2) is 15.0. The summed E-state index contributed by atoms with van der Waals surface area (Å²) in [5.74, 6) is -2.00. The molecule has 0 bridgehead atoms. The molecule has 0 spiro atoms. The summed E-state index contributed by atoms with van der Waals surface area (Å²) in [4.78, 5) is 70.7. The van der Waals surface area contributed by atoms with Gasteiger partial charge < -0.3 is 30.1 Å². The number of aromatic nitrogens is 3. The van der Waals surface area contributed by atoms with Crippen molar-refractivity contribution in [2.45, 2.75) is 108 Å². The van der Waals surface area contributed by atoms with Crippen molar-refractivity contribution in [3.63, 3.8) is 0 Å². The van der Waals surface area contributed by atoms with Crippen molar-refractivity contribution in [1.29, 1.82) is 0 Å². The monoisotopic (exact) mass is 760 g/mol. The van der Waals surface area contributed by atoms with Crippen LogP contribution in [0, 0.1) is 5.92 Å². The number of rotatable bonds is 6. The molecule has 7 rings (SSSR count). The summed E-state index contributed by atoms with van der Waals surface area (Å²) in [5.41, 5.74) is 0.566. The van der Waals surface area contributed by atoms with Crippen molar-refractivity contribution >= 4 is 57.6 Å². The van der Waals surface area contributed by atoms with Gasteiger partial charge in [0.05, 0.1) is 22.5 Å². The maximum Gasteiger partial charge on any atom is 0.408 e. The van der Waals surface area contributed by atoms with Gasteiger partial charge in [-0.25, -0.2) is 24.5 Å². The van der Waals surface area contributed by atoms with E-state index in [0.29, 0.717) is 42.4 Å². The quantitative estimate of drug-likeness (QED) is 0.199. The fourth-order valence-corrected chi connectivity index (χ4v) is 8.69. The zero-order valence-electron chi connectivity index (χ0n) is 30.0. The molecule has 15 heteroatoms. The molecule has 2 unspecified atom stereocenters. The fraction of sp³-hybridized carbons (Fsp3) is 0.500. The van der Waals surface area contributed by atoms with Gasteiger partial charge in [-0.2, -0.15) is 0 Å². The molecule has 3 aromatic heterocycles. The van der Waals surface area contributed by atoms with Gasteiger partial charge in [0.15, 0.2) is 0 Å². The highest BCUT2D eigenvalue weighted by molar-refractivity contribution is 7.13. The number of alkyl carbamates (subject to hydrolysis) is 1. The first-order valence-electron chi connectivity index (χ1n) is 18.2. The summed E-state index contributed by atoms with van der Waals surface area (Å²) in [7, 11) is 0. The summed E-state index contributed by atoms with van der Waals surface area (Å²) in [6.45, 7) is 5.25. The molecule has 13 nitrogen and oxygen atoms in total. The van der Waals surface area contributed by atoms with Gasteiger partial charge in [0.1, 0.15) is 40.0 Å². The van der Waals surface area contributed by atoms with Crippen molar-refractivity contribution in [3.05, 3.63) is 47.3 Å². The third-order valence-electron chi connectivity index (χ3n) is 10.1. The third-order valence-corrected chi connectivity index (χ3v) is 11.8. The van der Waals surface area contributed by atoms with Crippen LogP contribution in [0.2, 0.25) is 0 Å². The molecule has 4 aromatic rings. The summed E-state index contributed by atoms with van der Waals surface area (Å²) in [6, 6.07) is 7.58. The molecule has 2 aliphatic heterocycles. The molecule has 3 fully saturated rings. The number of amides is 3. The highest BCUT2D eigenvalue weighted by Gasteiger charge is 2.62. The third kappa shape index (κ3) is 8.15. The number of nitrogens with one attached hydrogen (secondary N) is 2. The second-order valence-corrected chi connectivity index (χ2v) is 16.9. The number of aliphatic carboxylic acids is 1. The number of thiazole rings is 1. The SMILES string of the molecule is CC(C)(C)OC(=O)N[C@H]1CCCCCCCC2CC2(C(=O)O)NC(=O)[C@@H]2C[C@@H](Oc3nc4ccc(-c5nccs5)cc4nc3-c3cccs3)CN2C1=O. The van der Waals surface area contributed by atoms with E-state index in [9.17, 15) is 24.3 Å². The summed E-state index contributed by atoms with van der Waals surface area (Å²) in [6.07, 6.45) is 6.05. The Morgan fingerprint density at radius 3 is 2.53 bits per heavy atom. The van der Waals surface area contributed by atoms with Crippen LogP contribution in [-0.4, -0.2) is 84.7 Å². The number of nitrogens with zero attached hydrogens (tertiary/aromatic N) is 4. The standard InChI is InChI=1S/C38H44N6O7S2/c1-37(2,3)51-36(49)42-26-11-8-6-4-5-7-10-23-20-38(23,35(47)48)43-31(45)28-19-24(21-44(28)34(26)46)50-32-30(29-12-9-16-52-29)40-27-18-22(13-14-25(27)41-32)33-39-15-17-53-33/h9,12-18,23-24,26,28H,4-8,10-11,19-21H2,1-3H3,(H,42,49)(H,43,45)(H,47,48)/t23?,24-,26+,28+,38?/m1/s1. The Labute approximate surface area is 315 Å². The molecule has 3 aliphatic rings. The van der Waals surface area contributed by atoms with Crippen LogP contribution in [0.5, 0.6) is 5.88 Å². The first-order valence-corrected chi connectivity index (χ1v) is 19.9. The molecular weight excluding hydrogens is 717 g/mol. The van der Waals surface area contributed by atoms with Crippen molar-refractivity contribution in [3.8, 4) is 27.0 Å². The molecular formula is C38H44N6O7S2. The van der Waals surface area contributed by atoms with Gasteiger partial charge in [-0.3, -0.25) is 9.59 Å². The van der Waals surface area contributed by atoms with E-state index in [0.717, 1.165) is 41.1 Å². The predicted molar refractivity (Wildman–Crippen MR) is 201 cm³/mol. The van der Waals surface area contributed by atoms with Gasteiger partial charge >= 0.3 is 12.1 Å². The van der Waals surface area contributed by atoms with E-state index in [1.54, 1.807) is 27.0 Å². The number of hydrogen-bond acceptors (Lipinski definition) is 11. The molecule has 3 N–H and O–H groups in total. The van der Waals surface area contributed by atoms with Gasteiger partial charge in [0.2, 0.25) is 17.7 Å². The topological polar surface area (TPSA) is 173 Å². The van der Waals surface area contributed by atoms with E-state index in [1.807, 2.05) is 41.1 Å². The van der Waals surface area contributed by atoms with Crippen LogP contribution < -0.4 is 15.4 Å². The number of carbonyl (C=O) groups is 4. The Morgan fingerprint density at radius 2 is 1.81 bits per heavy atom. The maximum atomic E-state index is 14.4. The number of benzene rings is 1. The number of hydrogen-bond donors (Lipinski definition) is 3. The molecule has 3 amide bonds. The largest absolute Gasteiger partial charge is 0.479 e. The van der Waals surface area contributed by atoms with Crippen LogP contribution >= 0.6 is 22.7 Å². The molecule has 5 atom stereocenters. The minimum atomic E-state index is -1.37. The van der Waals surface area contributed by atoms with Crippen molar-refractivity contribution in [2.75, 3.05) is 6.54 Å². The molecule has 2 saturated heterocycles. The lowest BCUT2D eigenvalue weighted by Gasteiger charge is -2.30. The number of carboxylic acid groups (broad SMARTS) is 1. The van der Waals surface area contributed by atoms with Crippen LogP contribution in [0.3, 0.4) is 0 Å². The lowest BCUT2D eigenvalue weighted by molar-refractivity contribution is -0.146. The van der Waals surface area contributed by atoms with E-state index in [2.05, 4.69) is 15.6 Å². The molecule has 0 radical (unpaired) electrons. The summed E-state index contributed by atoms with van der Waals surface area (Å²) >= 11 is 3.02. The number of fused-ring (bicyclic) bond motifs is 3. The van der Waals surface area contributed by atoms with Crippen molar-refractivity contribution in [2.24, 2.45) is 5.92 Å². The van der Waals surface area contributed by atoms with Crippen molar-refractivity contribution in [1.82, 2.24) is 30.5 Å². The Hall–Kier alpha value is -4.63. The lowest BCUT2D eigenvalue weighted by Crippen LogP contribution is -2.56. The van der Waals surface area contributed by atoms with Gasteiger partial charge in [-0.1, -0.05) is 38.2 Å². The van der Waals surface area contributed by atoms with Gasteiger partial charge in [0.25, 0.3) is 0 Å². The van der Waals surface area contributed by atoms with Crippen LogP contribution in [0.15, 0.2) is 47.3 Å². The molecule has 1 aliphatic carbocycles. The van der Waals surface area contributed by atoms with Crippen LogP contribution in [-0.2, 0) is 19.1 Å². The van der Waals surface area contributed by atoms with Gasteiger partial charge in [-0.15, -0.1) is 22.7 Å². The smallest absolute Gasteiger partial charge is 0.408 e. The highest BCUT2D eigenvalue weighted by Crippen LogP contribution is 2.47. The van der Waals surface area contributed by atoms with E-state index in [1.165, 1.54) is 27.6 Å². The van der Waals surface area contributed by atoms with E-state index in [4.69, 9.17) is 19.4 Å². The predicted octanol–water partition coefficient (Wildman–Crippen LogP) is 6.43. The van der Waals surface area contributed by atoms with Crippen LogP contribution in [0.4, 0.5) is 4.79 Å². The normalized spacial score (nSPS) is 25.4. The molecule has 280 valence electrons. The van der Waals surface area contributed by atoms with E-state index >= 15 is 0 Å². The Kier molecular flexibility index (Phi) is 10.4. The number of thiophene rings is 1. The Balaban J connectivity index is 1.21. The first-order chi connectivity index (χ1) is 25.4. The van der Waals surface area contributed by atoms with Gasteiger partial charge in [-0.05, 0) is 75.6 Å². The number of carbonyl (C=O) groups excluding carboxylic acids is 3. The molecule has 53 heavy (non-hydrogen) atoms. The number of ether oxygens (including phenoxy) is 2. The molecule has 1 saturated carbocycles. The van der Waals surface area contributed by atoms with Gasteiger partial charge in [0, 0.05) is 23.6 Å². The minimum Gasteiger partial charge on any atom is -0.479 e. The first kappa shape index (κ1) is 36.7. The summed E-state index contributed by atoms with van der Waals surface area (Å²) < 4.78 is 12.1. The van der Waals surface area contributed by atoms with E-state index < -0.39 is 53.2 Å². The minimum absolute atomic E-state index is 0.0134. The lowest BCUT2D eigenvalue weighted by atomic mass is 10.0. The maximum absolute atomic E-state index is 14.4. The molecule has 5 heterocycles.